The van der Waals surface area contributed by atoms with Gasteiger partial charge in [0.05, 0.1) is 14.2 Å². The van der Waals surface area contributed by atoms with Crippen LogP contribution >= 0.6 is 11.3 Å². The van der Waals surface area contributed by atoms with Crippen LogP contribution in [-0.2, 0) is 11.2 Å². The van der Waals surface area contributed by atoms with E-state index in [0.717, 1.165) is 37.4 Å². The van der Waals surface area contributed by atoms with Gasteiger partial charge in [0, 0.05) is 31.5 Å². The van der Waals surface area contributed by atoms with E-state index in [2.05, 4.69) is 16.8 Å². The molecule has 3 rings (SSSR count). The first-order chi connectivity index (χ1) is 11.7. The van der Waals surface area contributed by atoms with Crippen molar-refractivity contribution in [3.05, 3.63) is 46.2 Å². The summed E-state index contributed by atoms with van der Waals surface area (Å²) in [4.78, 5) is 14.4. The molecule has 0 saturated carbocycles. The van der Waals surface area contributed by atoms with E-state index < -0.39 is 0 Å². The lowest BCUT2D eigenvalue weighted by Crippen LogP contribution is -2.28. The first-order valence-electron chi connectivity index (χ1n) is 8.21. The highest BCUT2D eigenvalue weighted by Crippen LogP contribution is 2.33. The SMILES string of the molecule is COc1cc(OC)cc(C2CCN(C(=O)CCc3ccsc3)C2)c1. The number of amides is 1. The normalized spacial score (nSPS) is 17.1. The van der Waals surface area contributed by atoms with Crippen LogP contribution in [0.4, 0.5) is 0 Å². The van der Waals surface area contributed by atoms with E-state index in [0.29, 0.717) is 12.3 Å². The number of aryl methyl sites for hydroxylation is 1. The predicted molar refractivity (Wildman–Crippen MR) is 96.1 cm³/mol. The predicted octanol–water partition coefficient (Wildman–Crippen LogP) is 3.71. The van der Waals surface area contributed by atoms with E-state index >= 15 is 0 Å². The second-order valence-electron chi connectivity index (χ2n) is 6.10. The molecule has 0 aliphatic carbocycles. The van der Waals surface area contributed by atoms with Crippen LogP contribution in [0.5, 0.6) is 11.5 Å². The number of carbonyl (C=O) groups excluding carboxylic acids is 1. The van der Waals surface area contributed by atoms with Gasteiger partial charge in [-0.2, -0.15) is 11.3 Å². The van der Waals surface area contributed by atoms with Crippen LogP contribution in [0.3, 0.4) is 0 Å². The maximum Gasteiger partial charge on any atom is 0.222 e. The minimum absolute atomic E-state index is 0.249. The van der Waals surface area contributed by atoms with Crippen LogP contribution in [0.1, 0.15) is 29.9 Å². The summed E-state index contributed by atoms with van der Waals surface area (Å²) in [5.41, 5.74) is 2.43. The zero-order chi connectivity index (χ0) is 16.9. The topological polar surface area (TPSA) is 38.8 Å². The molecule has 24 heavy (non-hydrogen) atoms. The molecule has 0 radical (unpaired) electrons. The Morgan fingerprint density at radius 3 is 2.62 bits per heavy atom. The standard InChI is InChI=1S/C19H23NO3S/c1-22-17-9-16(10-18(11-17)23-2)15-5-7-20(12-15)19(21)4-3-14-6-8-24-13-14/h6,8-11,13,15H,3-5,7,12H2,1-2H3. The summed E-state index contributed by atoms with van der Waals surface area (Å²) >= 11 is 1.68. The lowest BCUT2D eigenvalue weighted by molar-refractivity contribution is -0.130. The van der Waals surface area contributed by atoms with Crippen LogP contribution < -0.4 is 9.47 Å². The molecule has 1 aromatic heterocycles. The van der Waals surface area contributed by atoms with Crippen molar-refractivity contribution in [3.63, 3.8) is 0 Å². The maximum atomic E-state index is 12.4. The molecule has 1 aromatic carbocycles. The summed E-state index contributed by atoms with van der Waals surface area (Å²) in [7, 11) is 3.32. The highest BCUT2D eigenvalue weighted by atomic mass is 32.1. The van der Waals surface area contributed by atoms with Gasteiger partial charge in [-0.05, 0) is 52.9 Å². The van der Waals surface area contributed by atoms with E-state index in [4.69, 9.17) is 9.47 Å². The van der Waals surface area contributed by atoms with Crippen molar-refractivity contribution < 1.29 is 14.3 Å². The van der Waals surface area contributed by atoms with Crippen LogP contribution in [0.15, 0.2) is 35.0 Å². The molecule has 1 saturated heterocycles. The van der Waals surface area contributed by atoms with Gasteiger partial charge in [0.25, 0.3) is 0 Å². The summed E-state index contributed by atoms with van der Waals surface area (Å²) < 4.78 is 10.7. The molecular weight excluding hydrogens is 322 g/mol. The number of methoxy groups -OCH3 is 2. The van der Waals surface area contributed by atoms with Gasteiger partial charge in [-0.25, -0.2) is 0 Å². The van der Waals surface area contributed by atoms with E-state index in [1.807, 2.05) is 23.1 Å². The maximum absolute atomic E-state index is 12.4. The molecule has 0 spiro atoms. The monoisotopic (exact) mass is 345 g/mol. The third-order valence-electron chi connectivity index (χ3n) is 4.59. The Morgan fingerprint density at radius 1 is 1.25 bits per heavy atom. The van der Waals surface area contributed by atoms with Crippen LogP contribution in [-0.4, -0.2) is 38.1 Å². The van der Waals surface area contributed by atoms with Gasteiger partial charge < -0.3 is 14.4 Å². The molecule has 2 heterocycles. The summed E-state index contributed by atoms with van der Waals surface area (Å²) in [6.07, 6.45) is 2.40. The highest BCUT2D eigenvalue weighted by Gasteiger charge is 2.27. The summed E-state index contributed by atoms with van der Waals surface area (Å²) in [6.45, 7) is 1.60. The van der Waals surface area contributed by atoms with Crippen LogP contribution in [0.2, 0.25) is 0 Å². The number of likely N-dealkylation sites (tertiary alicyclic amines) is 1. The third kappa shape index (κ3) is 3.90. The van der Waals surface area contributed by atoms with E-state index in [1.54, 1.807) is 25.6 Å². The van der Waals surface area contributed by atoms with Gasteiger partial charge in [0.15, 0.2) is 0 Å². The number of rotatable bonds is 6. The highest BCUT2D eigenvalue weighted by molar-refractivity contribution is 7.07. The number of benzene rings is 1. The Kier molecular flexibility index (Phi) is 5.41. The second kappa shape index (κ2) is 7.71. The first kappa shape index (κ1) is 16.8. The van der Waals surface area contributed by atoms with Gasteiger partial charge in [-0.15, -0.1) is 0 Å². The Morgan fingerprint density at radius 2 is 2.00 bits per heavy atom. The number of carbonyl (C=O) groups is 1. The van der Waals surface area contributed by atoms with E-state index in [-0.39, 0.29) is 5.91 Å². The summed E-state index contributed by atoms with van der Waals surface area (Å²) in [5, 5.41) is 4.17. The quantitative estimate of drug-likeness (QED) is 0.801. The van der Waals surface area contributed by atoms with E-state index in [1.165, 1.54) is 11.1 Å². The van der Waals surface area contributed by atoms with Crippen molar-refractivity contribution in [3.8, 4) is 11.5 Å². The number of nitrogens with zero attached hydrogens (tertiary/aromatic N) is 1. The van der Waals surface area contributed by atoms with Crippen molar-refractivity contribution in [1.82, 2.24) is 4.90 Å². The molecule has 1 aliphatic rings. The van der Waals surface area contributed by atoms with Crippen molar-refractivity contribution in [2.45, 2.75) is 25.2 Å². The molecule has 4 nitrogen and oxygen atoms in total. The largest absolute Gasteiger partial charge is 0.497 e. The Labute approximate surface area is 147 Å². The molecule has 2 aromatic rings. The van der Waals surface area contributed by atoms with E-state index in [9.17, 15) is 4.79 Å². The molecule has 1 aliphatic heterocycles. The van der Waals surface area contributed by atoms with Crippen molar-refractivity contribution in [2.75, 3.05) is 27.3 Å². The fraction of sp³-hybridized carbons (Fsp3) is 0.421. The Hall–Kier alpha value is -2.01. The molecular formula is C19H23NO3S. The number of ether oxygens (including phenoxy) is 2. The smallest absolute Gasteiger partial charge is 0.222 e. The Bertz CT molecular complexity index is 662. The minimum atomic E-state index is 0.249. The lowest BCUT2D eigenvalue weighted by Gasteiger charge is -2.17. The number of hydrogen-bond donors (Lipinski definition) is 0. The summed E-state index contributed by atoms with van der Waals surface area (Å²) in [6, 6.07) is 8.06. The van der Waals surface area contributed by atoms with Crippen molar-refractivity contribution in [1.29, 1.82) is 0 Å². The fourth-order valence-electron chi connectivity index (χ4n) is 3.17. The molecule has 1 unspecified atom stereocenters. The lowest BCUT2D eigenvalue weighted by atomic mass is 9.98. The zero-order valence-electron chi connectivity index (χ0n) is 14.2. The van der Waals surface area contributed by atoms with Gasteiger partial charge in [0.1, 0.15) is 11.5 Å². The molecule has 128 valence electrons. The number of hydrogen-bond acceptors (Lipinski definition) is 4. The van der Waals surface area contributed by atoms with Gasteiger partial charge in [-0.3, -0.25) is 4.79 Å². The third-order valence-corrected chi connectivity index (χ3v) is 5.33. The van der Waals surface area contributed by atoms with Crippen LogP contribution in [0, 0.1) is 0 Å². The minimum Gasteiger partial charge on any atom is -0.497 e. The average molecular weight is 345 g/mol. The second-order valence-corrected chi connectivity index (χ2v) is 6.88. The number of thiophene rings is 1. The molecule has 1 atom stereocenters. The summed E-state index contributed by atoms with van der Waals surface area (Å²) in [5.74, 6) is 2.19. The molecule has 5 heteroatoms. The first-order valence-corrected chi connectivity index (χ1v) is 9.15. The van der Waals surface area contributed by atoms with Crippen molar-refractivity contribution in [2.24, 2.45) is 0 Å². The fourth-order valence-corrected chi connectivity index (χ4v) is 3.87. The Balaban J connectivity index is 1.61. The average Bonchev–Trinajstić information content (AvgIpc) is 3.30. The molecule has 0 bridgehead atoms. The molecule has 1 amide bonds. The zero-order valence-corrected chi connectivity index (χ0v) is 15.0. The molecule has 1 fully saturated rings. The van der Waals surface area contributed by atoms with Crippen LogP contribution in [0.25, 0.3) is 0 Å². The van der Waals surface area contributed by atoms with Gasteiger partial charge in [-0.1, -0.05) is 0 Å². The van der Waals surface area contributed by atoms with Gasteiger partial charge in [0.2, 0.25) is 5.91 Å². The van der Waals surface area contributed by atoms with Gasteiger partial charge >= 0.3 is 0 Å². The molecule has 0 N–H and O–H groups in total. The van der Waals surface area contributed by atoms with Crippen molar-refractivity contribution >= 4 is 17.2 Å².